The van der Waals surface area contributed by atoms with Crippen molar-refractivity contribution in [1.82, 2.24) is 4.90 Å². The van der Waals surface area contributed by atoms with Gasteiger partial charge in [-0.25, -0.2) is 8.98 Å². The van der Waals surface area contributed by atoms with E-state index >= 15 is 0 Å². The second-order valence-electron chi connectivity index (χ2n) is 6.63. The summed E-state index contributed by atoms with van der Waals surface area (Å²) in [4.78, 5) is 26.0. The van der Waals surface area contributed by atoms with E-state index in [1.165, 1.54) is 16.7 Å². The largest absolute Gasteiger partial charge is 0.436 e. The fourth-order valence-electron chi connectivity index (χ4n) is 2.65. The third kappa shape index (κ3) is 3.79. The Kier molecular flexibility index (Phi) is 5.73. The number of β-lactam (4-membered cyclic amide) rings is 1. The van der Waals surface area contributed by atoms with Gasteiger partial charge in [-0.2, -0.15) is 8.42 Å². The minimum atomic E-state index is -3.75. The number of ether oxygens (including phenoxy) is 1. The predicted octanol–water partition coefficient (Wildman–Crippen LogP) is 2.04. The number of esters is 1. The van der Waals surface area contributed by atoms with Gasteiger partial charge < -0.3 is 9.64 Å². The normalized spacial score (nSPS) is 27.8. The van der Waals surface area contributed by atoms with Crippen molar-refractivity contribution in [3.63, 3.8) is 0 Å². The highest BCUT2D eigenvalue weighted by molar-refractivity contribution is 9.26. The van der Waals surface area contributed by atoms with Crippen LogP contribution in [0.3, 0.4) is 0 Å². The van der Waals surface area contributed by atoms with Gasteiger partial charge in [0.15, 0.2) is 3.23 Å². The third-order valence-corrected chi connectivity index (χ3v) is 8.94. The Hall–Kier alpha value is 0.160. The minimum absolute atomic E-state index is 0.0960. The zero-order valence-corrected chi connectivity index (χ0v) is 18.4. The van der Waals surface area contributed by atoms with Crippen LogP contribution in [0.25, 0.3) is 0 Å². The molecule has 0 spiro atoms. The van der Waals surface area contributed by atoms with E-state index in [0.29, 0.717) is 0 Å². The molecule has 2 aliphatic heterocycles. The summed E-state index contributed by atoms with van der Waals surface area (Å²) in [6, 6.07) is -0.806. The molecule has 2 saturated heterocycles. The molecule has 0 unspecified atom stereocenters. The van der Waals surface area contributed by atoms with Crippen molar-refractivity contribution in [2.24, 2.45) is 5.92 Å². The highest BCUT2D eigenvalue weighted by Gasteiger charge is 2.70. The van der Waals surface area contributed by atoms with Crippen LogP contribution in [0, 0.1) is 5.92 Å². The Morgan fingerprint density at radius 3 is 2.50 bits per heavy atom. The molecule has 0 bridgehead atoms. The van der Waals surface area contributed by atoms with Crippen molar-refractivity contribution in [3.05, 3.63) is 0 Å². The highest BCUT2D eigenvalue weighted by atomic mass is 79.9. The molecular formula is C13H19Br2NO6S2. The number of hydrogen-bond donors (Lipinski definition) is 0. The van der Waals surface area contributed by atoms with Crippen molar-refractivity contribution in [1.29, 1.82) is 0 Å². The average Bonchev–Trinajstić information content (AvgIpc) is 2.66. The molecule has 0 aromatic carbocycles. The lowest BCUT2D eigenvalue weighted by Crippen LogP contribution is -2.68. The molecule has 2 fully saturated rings. The molecule has 2 aliphatic rings. The molecule has 138 valence electrons. The number of carbonyl (C=O) groups excluding carboxylic acids is 2. The molecular weight excluding hydrogens is 490 g/mol. The topological polar surface area (TPSA) is 90.0 Å². The van der Waals surface area contributed by atoms with Crippen LogP contribution in [0.15, 0.2) is 0 Å². The van der Waals surface area contributed by atoms with Crippen molar-refractivity contribution >= 4 is 65.6 Å². The summed E-state index contributed by atoms with van der Waals surface area (Å²) >= 11 is 8.09. The number of amides is 1. The summed E-state index contributed by atoms with van der Waals surface area (Å²) in [6.07, 6.45) is 0. The van der Waals surface area contributed by atoms with E-state index in [4.69, 9.17) is 4.74 Å². The van der Waals surface area contributed by atoms with Crippen molar-refractivity contribution in [2.45, 2.75) is 47.1 Å². The predicted molar refractivity (Wildman–Crippen MR) is 97.3 cm³/mol. The Labute approximate surface area is 162 Å². The van der Waals surface area contributed by atoms with Gasteiger partial charge in [-0.3, -0.25) is 4.79 Å². The van der Waals surface area contributed by atoms with E-state index in [1.807, 2.05) is 13.8 Å². The molecule has 0 radical (unpaired) electrons. The molecule has 7 nitrogen and oxygen atoms in total. The minimum Gasteiger partial charge on any atom is -0.436 e. The first-order valence-corrected chi connectivity index (χ1v) is 11.3. The quantitative estimate of drug-likeness (QED) is 0.178. The molecule has 2 rings (SSSR count). The van der Waals surface area contributed by atoms with E-state index in [1.54, 1.807) is 13.8 Å². The van der Waals surface area contributed by atoms with Gasteiger partial charge in [0, 0.05) is 4.75 Å². The second-order valence-corrected chi connectivity index (χ2v) is 13.6. The molecule has 1 amide bonds. The molecule has 0 aromatic rings. The summed E-state index contributed by atoms with van der Waals surface area (Å²) in [7, 11) is -3.75. The van der Waals surface area contributed by atoms with Crippen molar-refractivity contribution in [3.8, 4) is 0 Å². The van der Waals surface area contributed by atoms with Crippen LogP contribution < -0.4 is 0 Å². The van der Waals surface area contributed by atoms with Crippen LogP contribution in [0.1, 0.15) is 27.7 Å². The first-order valence-electron chi connectivity index (χ1n) is 7.22. The molecule has 0 aliphatic carbocycles. The maximum Gasteiger partial charge on any atom is 0.332 e. The molecule has 2 heterocycles. The van der Waals surface area contributed by atoms with E-state index in [2.05, 4.69) is 36.0 Å². The number of nitrogens with zero attached hydrogens (tertiary/aromatic N) is 1. The number of carbonyl (C=O) groups is 2. The molecule has 11 heteroatoms. The maximum absolute atomic E-state index is 12.4. The molecule has 24 heavy (non-hydrogen) atoms. The first kappa shape index (κ1) is 20.5. The van der Waals surface area contributed by atoms with Gasteiger partial charge in [-0.15, -0.1) is 11.8 Å². The van der Waals surface area contributed by atoms with Crippen LogP contribution in [0.4, 0.5) is 0 Å². The molecule has 0 N–H and O–H groups in total. The van der Waals surface area contributed by atoms with E-state index in [0.717, 1.165) is 0 Å². The second kappa shape index (κ2) is 6.71. The Morgan fingerprint density at radius 2 is 1.96 bits per heavy atom. The Balaban J connectivity index is 1.99. The monoisotopic (exact) mass is 507 g/mol. The summed E-state index contributed by atoms with van der Waals surface area (Å²) in [5.41, 5.74) is 0. The number of hydrogen-bond acceptors (Lipinski definition) is 7. The molecule has 0 aromatic heterocycles. The van der Waals surface area contributed by atoms with E-state index < -0.39 is 36.9 Å². The summed E-state index contributed by atoms with van der Waals surface area (Å²) in [5.74, 6) is -1.20. The molecule has 2 atom stereocenters. The number of halogens is 2. The van der Waals surface area contributed by atoms with Gasteiger partial charge in [-0.05, 0) is 19.8 Å². The zero-order chi connectivity index (χ0) is 18.5. The lowest BCUT2D eigenvalue weighted by atomic mass is 9.98. The van der Waals surface area contributed by atoms with E-state index in [9.17, 15) is 18.0 Å². The number of fused-ring (bicyclic) bond motifs is 1. The standard InChI is InChI=1S/C13H19Br2NO6S2/c1-7(2)5-24(19,20)22-6-21-9(17)8-12(3,4)23-11-13(14,15)10(18)16(8)11/h7-8,11H,5-6H2,1-4H3/t8-,11+/m0/s1. The molecule has 0 saturated carbocycles. The lowest BCUT2D eigenvalue weighted by Gasteiger charge is -2.46. The van der Waals surface area contributed by atoms with Gasteiger partial charge in [0.25, 0.3) is 16.0 Å². The number of thioether (sulfide) groups is 1. The SMILES string of the molecule is CC(C)CS(=O)(=O)OCOC(=O)[C@@H]1N2C(=O)C(Br)(Br)[C@H]2SC1(C)C. The summed E-state index contributed by atoms with van der Waals surface area (Å²) < 4.78 is 31.5. The van der Waals surface area contributed by atoms with Gasteiger partial charge in [0.1, 0.15) is 11.4 Å². The van der Waals surface area contributed by atoms with Crippen LogP contribution in [0.2, 0.25) is 0 Å². The van der Waals surface area contributed by atoms with Gasteiger partial charge >= 0.3 is 5.97 Å². The lowest BCUT2D eigenvalue weighted by molar-refractivity contribution is -0.165. The van der Waals surface area contributed by atoms with Crippen LogP contribution >= 0.6 is 43.6 Å². The summed E-state index contributed by atoms with van der Waals surface area (Å²) in [6.45, 7) is 6.47. The Morgan fingerprint density at radius 1 is 1.38 bits per heavy atom. The van der Waals surface area contributed by atoms with Gasteiger partial charge in [0.2, 0.25) is 6.79 Å². The zero-order valence-electron chi connectivity index (χ0n) is 13.6. The number of alkyl halides is 2. The van der Waals surface area contributed by atoms with Gasteiger partial charge in [-0.1, -0.05) is 45.7 Å². The average molecular weight is 509 g/mol. The van der Waals surface area contributed by atoms with Crippen molar-refractivity contribution in [2.75, 3.05) is 12.5 Å². The fourth-order valence-corrected chi connectivity index (χ4v) is 6.66. The first-order chi connectivity index (χ1) is 10.8. The summed E-state index contributed by atoms with van der Waals surface area (Å²) in [5, 5.41) is -0.247. The third-order valence-electron chi connectivity index (χ3n) is 3.62. The van der Waals surface area contributed by atoms with Gasteiger partial charge in [0.05, 0.1) is 5.75 Å². The Bertz CT molecular complexity index is 649. The van der Waals surface area contributed by atoms with Crippen LogP contribution in [-0.2, 0) is 28.6 Å². The van der Waals surface area contributed by atoms with Crippen molar-refractivity contribution < 1.29 is 26.9 Å². The van der Waals surface area contributed by atoms with E-state index in [-0.39, 0.29) is 23.0 Å². The smallest absolute Gasteiger partial charge is 0.332 e. The highest BCUT2D eigenvalue weighted by Crippen LogP contribution is 2.60. The van der Waals surface area contributed by atoms with Crippen LogP contribution in [0.5, 0.6) is 0 Å². The maximum atomic E-state index is 12.4. The number of rotatable bonds is 6. The fraction of sp³-hybridized carbons (Fsp3) is 0.846. The van der Waals surface area contributed by atoms with Crippen LogP contribution in [-0.4, -0.2) is 57.1 Å².